The summed E-state index contributed by atoms with van der Waals surface area (Å²) in [6.45, 7) is 1.99. The Morgan fingerprint density at radius 3 is 2.69 bits per heavy atom. The molecule has 0 aliphatic heterocycles. The van der Waals surface area contributed by atoms with Crippen LogP contribution in [0.2, 0.25) is 0 Å². The molecule has 1 unspecified atom stereocenters. The lowest BCUT2D eigenvalue weighted by molar-refractivity contribution is -0.121. The van der Waals surface area contributed by atoms with E-state index in [4.69, 9.17) is 0 Å². The van der Waals surface area contributed by atoms with E-state index in [1.54, 1.807) is 0 Å². The summed E-state index contributed by atoms with van der Waals surface area (Å²) in [5.74, 6) is 0.142. The van der Waals surface area contributed by atoms with E-state index in [0.717, 1.165) is 18.2 Å². The van der Waals surface area contributed by atoms with Gasteiger partial charge in [-0.1, -0.05) is 46.3 Å². The van der Waals surface area contributed by atoms with Crippen LogP contribution in [0.3, 0.4) is 0 Å². The average molecular weight is 284 g/mol. The molecule has 1 atom stereocenters. The number of halogens is 1. The summed E-state index contributed by atoms with van der Waals surface area (Å²) in [6.07, 6.45) is 2.48. The molecule has 0 saturated heterocycles. The molecule has 0 aliphatic rings. The van der Waals surface area contributed by atoms with Gasteiger partial charge in [0.2, 0.25) is 5.91 Å². The Morgan fingerprint density at radius 1 is 1.38 bits per heavy atom. The van der Waals surface area contributed by atoms with Gasteiger partial charge >= 0.3 is 0 Å². The van der Waals surface area contributed by atoms with Crippen molar-refractivity contribution >= 4 is 21.8 Å². The summed E-state index contributed by atoms with van der Waals surface area (Å²) in [4.78, 5) is 11.5. The third-order valence-corrected chi connectivity index (χ3v) is 3.32. The van der Waals surface area contributed by atoms with Crippen LogP contribution >= 0.6 is 15.9 Å². The van der Waals surface area contributed by atoms with Gasteiger partial charge in [0.1, 0.15) is 0 Å². The van der Waals surface area contributed by atoms with Gasteiger partial charge in [0, 0.05) is 17.8 Å². The number of carbonyl (C=O) groups is 1. The number of nitrogens with one attached hydrogen (secondary N) is 1. The number of carbonyl (C=O) groups excluding carboxylic acids is 1. The molecular weight excluding hydrogens is 266 g/mol. The summed E-state index contributed by atoms with van der Waals surface area (Å²) < 4.78 is 0. The Balaban J connectivity index is 2.18. The zero-order valence-electron chi connectivity index (χ0n) is 9.58. The highest BCUT2D eigenvalue weighted by molar-refractivity contribution is 9.09. The zero-order chi connectivity index (χ0) is 11.8. The Bertz CT molecular complexity index is 313. The Kier molecular flexibility index (Phi) is 6.16. The molecule has 0 bridgehead atoms. The molecule has 88 valence electrons. The van der Waals surface area contributed by atoms with Crippen LogP contribution < -0.4 is 5.32 Å². The van der Waals surface area contributed by atoms with Gasteiger partial charge < -0.3 is 5.32 Å². The summed E-state index contributed by atoms with van der Waals surface area (Å²) in [6, 6.07) is 10.5. The summed E-state index contributed by atoms with van der Waals surface area (Å²) in [7, 11) is 0. The van der Waals surface area contributed by atoms with Gasteiger partial charge in [0.15, 0.2) is 0 Å². The molecule has 16 heavy (non-hydrogen) atoms. The van der Waals surface area contributed by atoms with Gasteiger partial charge in [0.05, 0.1) is 0 Å². The van der Waals surface area contributed by atoms with Crippen LogP contribution in [0, 0.1) is 0 Å². The fourth-order valence-corrected chi connectivity index (χ4v) is 1.65. The second kappa shape index (κ2) is 7.44. The minimum Gasteiger partial charge on any atom is -0.353 e. The molecular formula is C13H18BrNO. The molecule has 1 rings (SSSR count). The maximum absolute atomic E-state index is 11.5. The third-order valence-electron chi connectivity index (χ3n) is 2.35. The van der Waals surface area contributed by atoms with Crippen LogP contribution in [0.25, 0.3) is 0 Å². The Labute approximate surface area is 106 Å². The van der Waals surface area contributed by atoms with Crippen LogP contribution in [-0.4, -0.2) is 17.3 Å². The molecule has 0 aromatic heterocycles. The predicted octanol–water partition coefficient (Wildman–Crippen LogP) is 2.91. The molecule has 1 aromatic carbocycles. The van der Waals surface area contributed by atoms with Crippen molar-refractivity contribution in [1.82, 2.24) is 5.32 Å². The highest BCUT2D eigenvalue weighted by Gasteiger charge is 2.05. The van der Waals surface area contributed by atoms with Gasteiger partial charge in [-0.25, -0.2) is 0 Å². The van der Waals surface area contributed by atoms with Crippen molar-refractivity contribution in [3.63, 3.8) is 0 Å². The summed E-state index contributed by atoms with van der Waals surface area (Å²) >= 11 is 3.33. The number of hydrogen-bond acceptors (Lipinski definition) is 1. The average Bonchev–Trinajstić information content (AvgIpc) is 2.30. The smallest absolute Gasteiger partial charge is 0.220 e. The number of alkyl halides is 1. The van der Waals surface area contributed by atoms with E-state index in [9.17, 15) is 4.79 Å². The van der Waals surface area contributed by atoms with Crippen molar-refractivity contribution in [3.05, 3.63) is 35.9 Å². The quantitative estimate of drug-likeness (QED) is 0.800. The first-order valence-corrected chi connectivity index (χ1v) is 6.73. The first-order chi connectivity index (χ1) is 7.72. The minimum absolute atomic E-state index is 0.142. The maximum atomic E-state index is 11.5. The van der Waals surface area contributed by atoms with Crippen molar-refractivity contribution in [3.8, 4) is 0 Å². The molecule has 0 spiro atoms. The minimum atomic E-state index is 0.142. The molecule has 1 N–H and O–H groups in total. The Hall–Kier alpha value is -0.830. The fourth-order valence-electron chi connectivity index (χ4n) is 1.48. The first-order valence-electron chi connectivity index (χ1n) is 5.61. The zero-order valence-corrected chi connectivity index (χ0v) is 11.2. The molecule has 0 aliphatic carbocycles. The van der Waals surface area contributed by atoms with Crippen molar-refractivity contribution in [2.75, 3.05) is 5.33 Å². The molecule has 1 amide bonds. The predicted molar refractivity (Wildman–Crippen MR) is 70.8 cm³/mol. The van der Waals surface area contributed by atoms with E-state index in [1.807, 2.05) is 25.1 Å². The first kappa shape index (κ1) is 13.2. The van der Waals surface area contributed by atoms with Gasteiger partial charge in [-0.3, -0.25) is 4.79 Å². The number of hydrogen-bond donors (Lipinski definition) is 1. The lowest BCUT2D eigenvalue weighted by atomic mass is 10.1. The lowest BCUT2D eigenvalue weighted by Gasteiger charge is -2.10. The Morgan fingerprint density at radius 2 is 2.06 bits per heavy atom. The fraction of sp³-hybridized carbons (Fsp3) is 0.462. The monoisotopic (exact) mass is 283 g/mol. The third kappa shape index (κ3) is 5.31. The highest BCUT2D eigenvalue weighted by Crippen LogP contribution is 2.04. The largest absolute Gasteiger partial charge is 0.353 e. The maximum Gasteiger partial charge on any atom is 0.220 e. The van der Waals surface area contributed by atoms with E-state index in [0.29, 0.717) is 6.42 Å². The van der Waals surface area contributed by atoms with Crippen molar-refractivity contribution in [2.24, 2.45) is 0 Å². The van der Waals surface area contributed by atoms with E-state index in [2.05, 4.69) is 33.4 Å². The summed E-state index contributed by atoms with van der Waals surface area (Å²) in [5, 5.41) is 3.73. The molecule has 0 saturated carbocycles. The van der Waals surface area contributed by atoms with Crippen LogP contribution in [0.15, 0.2) is 30.3 Å². The van der Waals surface area contributed by atoms with E-state index in [-0.39, 0.29) is 11.9 Å². The number of aryl methyl sites for hydroxylation is 1. The van der Waals surface area contributed by atoms with Gasteiger partial charge in [-0.2, -0.15) is 0 Å². The van der Waals surface area contributed by atoms with Crippen LogP contribution in [0.1, 0.15) is 25.3 Å². The topological polar surface area (TPSA) is 29.1 Å². The molecule has 0 fully saturated rings. The molecule has 0 heterocycles. The van der Waals surface area contributed by atoms with Gasteiger partial charge in [0.25, 0.3) is 0 Å². The molecule has 3 heteroatoms. The highest BCUT2D eigenvalue weighted by atomic mass is 79.9. The standard InChI is InChI=1S/C13H18BrNO/c1-11(10-14)15-13(16)9-5-8-12-6-3-2-4-7-12/h2-4,6-7,11H,5,8-10H2,1H3,(H,15,16). The molecule has 0 radical (unpaired) electrons. The van der Waals surface area contributed by atoms with E-state index in [1.165, 1.54) is 5.56 Å². The van der Waals surface area contributed by atoms with Crippen molar-refractivity contribution in [2.45, 2.75) is 32.2 Å². The van der Waals surface area contributed by atoms with Crippen LogP contribution in [0.5, 0.6) is 0 Å². The second-order valence-electron chi connectivity index (χ2n) is 3.96. The van der Waals surface area contributed by atoms with Gasteiger partial charge in [-0.05, 0) is 25.3 Å². The molecule has 1 aromatic rings. The summed E-state index contributed by atoms with van der Waals surface area (Å²) in [5.41, 5.74) is 1.30. The number of amides is 1. The second-order valence-corrected chi connectivity index (χ2v) is 4.61. The number of rotatable bonds is 6. The van der Waals surface area contributed by atoms with E-state index < -0.39 is 0 Å². The van der Waals surface area contributed by atoms with Crippen LogP contribution in [0.4, 0.5) is 0 Å². The van der Waals surface area contributed by atoms with Crippen molar-refractivity contribution < 1.29 is 4.79 Å². The van der Waals surface area contributed by atoms with Crippen molar-refractivity contribution in [1.29, 1.82) is 0 Å². The lowest BCUT2D eigenvalue weighted by Crippen LogP contribution is -2.33. The van der Waals surface area contributed by atoms with Gasteiger partial charge in [-0.15, -0.1) is 0 Å². The molecule has 2 nitrogen and oxygen atoms in total. The van der Waals surface area contributed by atoms with E-state index >= 15 is 0 Å². The number of benzene rings is 1. The normalized spacial score (nSPS) is 12.1. The SMILES string of the molecule is CC(CBr)NC(=O)CCCc1ccccc1. The van der Waals surface area contributed by atoms with Crippen LogP contribution in [-0.2, 0) is 11.2 Å².